The van der Waals surface area contributed by atoms with E-state index in [0.717, 1.165) is 19.4 Å². The van der Waals surface area contributed by atoms with E-state index in [1.165, 1.54) is 0 Å². The van der Waals surface area contributed by atoms with Crippen LogP contribution >= 0.6 is 0 Å². The Bertz CT molecular complexity index is 290. The number of nitrogens with zero attached hydrogens (tertiary/aromatic N) is 1. The Labute approximate surface area is 91.1 Å². The lowest BCUT2D eigenvalue weighted by molar-refractivity contribution is 0.0222. The van der Waals surface area contributed by atoms with Gasteiger partial charge < -0.3 is 9.64 Å². The summed E-state index contributed by atoms with van der Waals surface area (Å²) in [6, 6.07) is 0.361. The maximum Gasteiger partial charge on any atom is 0.410 e. The third-order valence-corrected chi connectivity index (χ3v) is 2.99. The van der Waals surface area contributed by atoms with Crippen molar-refractivity contribution in [1.82, 2.24) is 4.90 Å². The van der Waals surface area contributed by atoms with E-state index < -0.39 is 0 Å². The Kier molecular flexibility index (Phi) is 2.49. The lowest BCUT2D eigenvalue weighted by atomic mass is 10.1. The van der Waals surface area contributed by atoms with Crippen molar-refractivity contribution in [2.24, 2.45) is 5.92 Å². The van der Waals surface area contributed by atoms with Crippen LogP contribution in [0.2, 0.25) is 0 Å². The summed E-state index contributed by atoms with van der Waals surface area (Å²) in [6.07, 6.45) is 6.32. The number of carbonyl (C=O) groups is 1. The topological polar surface area (TPSA) is 29.5 Å². The normalized spacial score (nSPS) is 29.4. The average molecular weight is 209 g/mol. The first-order valence-corrected chi connectivity index (χ1v) is 5.64. The highest BCUT2D eigenvalue weighted by Crippen LogP contribution is 2.33. The van der Waals surface area contributed by atoms with Gasteiger partial charge in [-0.2, -0.15) is 0 Å². The molecule has 1 fully saturated rings. The van der Waals surface area contributed by atoms with Crippen LogP contribution in [0, 0.1) is 5.92 Å². The van der Waals surface area contributed by atoms with Gasteiger partial charge in [-0.15, -0.1) is 0 Å². The molecule has 0 radical (unpaired) electrons. The number of hydrogen-bond donors (Lipinski definition) is 0. The van der Waals surface area contributed by atoms with Crippen LogP contribution in [0.5, 0.6) is 0 Å². The number of likely N-dealkylation sites (tertiary alicyclic amines) is 1. The third kappa shape index (κ3) is 2.16. The lowest BCUT2D eigenvalue weighted by Crippen LogP contribution is -2.40. The fraction of sp³-hybridized carbons (Fsp3) is 0.750. The van der Waals surface area contributed by atoms with E-state index in [1.54, 1.807) is 0 Å². The van der Waals surface area contributed by atoms with Crippen molar-refractivity contribution in [2.75, 3.05) is 6.54 Å². The second-order valence-electron chi connectivity index (χ2n) is 5.36. The van der Waals surface area contributed by atoms with Crippen molar-refractivity contribution >= 4 is 6.09 Å². The molecule has 3 heteroatoms. The molecule has 2 unspecified atom stereocenters. The molecule has 1 heterocycles. The molecule has 1 aliphatic carbocycles. The van der Waals surface area contributed by atoms with Gasteiger partial charge in [0.25, 0.3) is 0 Å². The first kappa shape index (κ1) is 10.5. The predicted molar refractivity (Wildman–Crippen MR) is 58.6 cm³/mol. The summed E-state index contributed by atoms with van der Waals surface area (Å²) in [7, 11) is 0. The maximum absolute atomic E-state index is 11.9. The lowest BCUT2D eigenvalue weighted by Gasteiger charge is -2.28. The van der Waals surface area contributed by atoms with Gasteiger partial charge in [0.15, 0.2) is 0 Å². The molecule has 15 heavy (non-hydrogen) atoms. The number of hydrogen-bond acceptors (Lipinski definition) is 2. The van der Waals surface area contributed by atoms with Crippen LogP contribution < -0.4 is 0 Å². The standard InChI is InChI=1S/C12H19NO2/c1-12(2,3)15-11(14)13-8-7-9-5-4-6-10(9)13/h4-5,9-10H,6-8H2,1-3H3. The minimum atomic E-state index is -0.388. The summed E-state index contributed by atoms with van der Waals surface area (Å²) in [5.74, 6) is 0.567. The first-order valence-electron chi connectivity index (χ1n) is 5.64. The molecule has 0 aromatic heterocycles. The Hall–Kier alpha value is -0.990. The van der Waals surface area contributed by atoms with Crippen molar-refractivity contribution in [3.05, 3.63) is 12.2 Å². The zero-order valence-electron chi connectivity index (χ0n) is 9.69. The van der Waals surface area contributed by atoms with E-state index in [2.05, 4.69) is 12.2 Å². The molecule has 0 aromatic rings. The van der Waals surface area contributed by atoms with Crippen molar-refractivity contribution in [3.63, 3.8) is 0 Å². The zero-order valence-corrected chi connectivity index (χ0v) is 9.69. The van der Waals surface area contributed by atoms with Gasteiger partial charge in [0.2, 0.25) is 0 Å². The van der Waals surface area contributed by atoms with Crippen LogP contribution in [-0.2, 0) is 4.74 Å². The average Bonchev–Trinajstić information content (AvgIpc) is 2.57. The van der Waals surface area contributed by atoms with E-state index in [9.17, 15) is 4.79 Å². The zero-order chi connectivity index (χ0) is 11.1. The number of fused-ring (bicyclic) bond motifs is 1. The van der Waals surface area contributed by atoms with Crippen LogP contribution in [0.3, 0.4) is 0 Å². The first-order chi connectivity index (χ1) is 6.97. The molecule has 0 bridgehead atoms. The second-order valence-corrected chi connectivity index (χ2v) is 5.36. The molecule has 0 spiro atoms. The fourth-order valence-electron chi connectivity index (χ4n) is 2.34. The van der Waals surface area contributed by atoms with E-state index >= 15 is 0 Å². The molecule has 84 valence electrons. The highest BCUT2D eigenvalue weighted by molar-refractivity contribution is 5.69. The van der Waals surface area contributed by atoms with Crippen molar-refractivity contribution < 1.29 is 9.53 Å². The molecular weight excluding hydrogens is 190 g/mol. The van der Waals surface area contributed by atoms with Crippen LogP contribution in [-0.4, -0.2) is 29.2 Å². The summed E-state index contributed by atoms with van der Waals surface area (Å²) in [4.78, 5) is 13.8. The van der Waals surface area contributed by atoms with Gasteiger partial charge in [0.05, 0.1) is 0 Å². The molecule has 1 saturated heterocycles. The van der Waals surface area contributed by atoms with Gasteiger partial charge in [-0.1, -0.05) is 12.2 Å². The van der Waals surface area contributed by atoms with Crippen LogP contribution in [0.4, 0.5) is 4.79 Å². The van der Waals surface area contributed by atoms with Crippen LogP contribution in [0.1, 0.15) is 33.6 Å². The van der Waals surface area contributed by atoms with Gasteiger partial charge in [0, 0.05) is 12.6 Å². The van der Waals surface area contributed by atoms with Crippen LogP contribution in [0.25, 0.3) is 0 Å². The summed E-state index contributed by atoms with van der Waals surface area (Å²) in [6.45, 7) is 6.57. The van der Waals surface area contributed by atoms with E-state index in [0.29, 0.717) is 12.0 Å². The van der Waals surface area contributed by atoms with Gasteiger partial charge in [-0.25, -0.2) is 4.79 Å². The van der Waals surface area contributed by atoms with E-state index in [-0.39, 0.29) is 11.7 Å². The Morgan fingerprint density at radius 1 is 1.47 bits per heavy atom. The minimum absolute atomic E-state index is 0.154. The number of amides is 1. The maximum atomic E-state index is 11.9. The van der Waals surface area contributed by atoms with Crippen molar-refractivity contribution in [1.29, 1.82) is 0 Å². The molecular formula is C12H19NO2. The second kappa shape index (κ2) is 3.54. The van der Waals surface area contributed by atoms with Gasteiger partial charge >= 0.3 is 6.09 Å². The van der Waals surface area contributed by atoms with Crippen LogP contribution in [0.15, 0.2) is 12.2 Å². The third-order valence-electron chi connectivity index (χ3n) is 2.99. The molecule has 2 atom stereocenters. The molecule has 0 saturated carbocycles. The van der Waals surface area contributed by atoms with Crippen molar-refractivity contribution in [3.8, 4) is 0 Å². The molecule has 0 N–H and O–H groups in total. The van der Waals surface area contributed by atoms with Gasteiger partial charge in [0.1, 0.15) is 5.60 Å². The largest absolute Gasteiger partial charge is 0.444 e. The number of ether oxygens (including phenoxy) is 1. The molecule has 2 rings (SSSR count). The molecule has 1 aliphatic heterocycles. The summed E-state index contributed by atoms with van der Waals surface area (Å²) < 4.78 is 5.39. The summed E-state index contributed by atoms with van der Waals surface area (Å²) >= 11 is 0. The highest BCUT2D eigenvalue weighted by atomic mass is 16.6. The molecule has 3 nitrogen and oxygen atoms in total. The highest BCUT2D eigenvalue weighted by Gasteiger charge is 2.39. The molecule has 0 aromatic carbocycles. The number of rotatable bonds is 0. The minimum Gasteiger partial charge on any atom is -0.444 e. The fourth-order valence-corrected chi connectivity index (χ4v) is 2.34. The van der Waals surface area contributed by atoms with Crippen molar-refractivity contribution in [2.45, 2.75) is 45.3 Å². The Morgan fingerprint density at radius 2 is 2.20 bits per heavy atom. The molecule has 1 amide bonds. The van der Waals surface area contributed by atoms with Gasteiger partial charge in [-0.05, 0) is 39.5 Å². The van der Waals surface area contributed by atoms with Gasteiger partial charge in [-0.3, -0.25) is 0 Å². The SMILES string of the molecule is CC(C)(C)OC(=O)N1CCC2C=CCC21. The Balaban J connectivity index is 1.97. The predicted octanol–water partition coefficient (Wildman–Crippen LogP) is 2.57. The van der Waals surface area contributed by atoms with E-state index in [1.807, 2.05) is 25.7 Å². The summed E-state index contributed by atoms with van der Waals surface area (Å²) in [5.41, 5.74) is -0.388. The summed E-state index contributed by atoms with van der Waals surface area (Å²) in [5, 5.41) is 0. The Morgan fingerprint density at radius 3 is 2.87 bits per heavy atom. The number of carbonyl (C=O) groups excluding carboxylic acids is 1. The quantitative estimate of drug-likeness (QED) is 0.574. The monoisotopic (exact) mass is 209 g/mol. The van der Waals surface area contributed by atoms with E-state index in [4.69, 9.17) is 4.74 Å². The smallest absolute Gasteiger partial charge is 0.410 e. The molecule has 2 aliphatic rings.